The first kappa shape index (κ1) is 14.8. The zero-order valence-electron chi connectivity index (χ0n) is 12.3. The van der Waals surface area contributed by atoms with Crippen LogP contribution >= 0.6 is 0 Å². The summed E-state index contributed by atoms with van der Waals surface area (Å²) in [5.74, 6) is -0.127. The smallest absolute Gasteiger partial charge is 0.262 e. The van der Waals surface area contributed by atoms with Crippen LogP contribution in [0.2, 0.25) is 0 Å². The highest BCUT2D eigenvalue weighted by Crippen LogP contribution is 2.16. The van der Waals surface area contributed by atoms with Crippen molar-refractivity contribution in [2.75, 3.05) is 11.9 Å². The van der Waals surface area contributed by atoms with Crippen LogP contribution in [0.1, 0.15) is 16.8 Å². The Hall–Kier alpha value is -2.56. The number of aromatic nitrogens is 1. The van der Waals surface area contributed by atoms with E-state index in [1.807, 2.05) is 32.0 Å². The quantitative estimate of drug-likeness (QED) is 0.906. The largest absolute Gasteiger partial charge is 0.478 e. The highest BCUT2D eigenvalue weighted by Gasteiger charge is 2.09. The van der Waals surface area contributed by atoms with E-state index in [1.54, 1.807) is 13.1 Å². The van der Waals surface area contributed by atoms with E-state index in [0.717, 1.165) is 16.8 Å². The minimum absolute atomic E-state index is 0.174. The van der Waals surface area contributed by atoms with Crippen molar-refractivity contribution >= 4 is 11.6 Å². The van der Waals surface area contributed by atoms with Crippen molar-refractivity contribution in [3.63, 3.8) is 0 Å². The molecule has 21 heavy (non-hydrogen) atoms. The van der Waals surface area contributed by atoms with Gasteiger partial charge in [0.1, 0.15) is 0 Å². The normalized spacial score (nSPS) is 10.2. The fraction of sp³-hybridized carbons (Fsp3) is 0.250. The Labute approximate surface area is 123 Å². The molecule has 0 unspecified atom stereocenters. The van der Waals surface area contributed by atoms with Gasteiger partial charge in [-0.05, 0) is 32.4 Å². The van der Waals surface area contributed by atoms with E-state index in [0.29, 0.717) is 5.69 Å². The average molecular weight is 286 g/mol. The molecule has 0 atom stereocenters. The van der Waals surface area contributed by atoms with Gasteiger partial charge in [0.25, 0.3) is 5.91 Å². The molecule has 5 nitrogen and oxygen atoms in total. The maximum absolute atomic E-state index is 11.9. The molecule has 0 aliphatic rings. The molecule has 110 valence electrons. The van der Waals surface area contributed by atoms with Gasteiger partial charge in [-0.15, -0.1) is 0 Å². The molecule has 1 aromatic carbocycles. The number of aromatic amines is 1. The monoisotopic (exact) mass is 286 g/mol. The van der Waals surface area contributed by atoms with E-state index in [9.17, 15) is 9.59 Å². The van der Waals surface area contributed by atoms with Crippen molar-refractivity contribution in [2.24, 2.45) is 0 Å². The van der Waals surface area contributed by atoms with Crippen LogP contribution in [0, 0.1) is 20.8 Å². The Bertz CT molecular complexity index is 720. The molecule has 2 aromatic rings. The second kappa shape index (κ2) is 6.26. The number of nitrogens with one attached hydrogen (secondary N) is 2. The summed E-state index contributed by atoms with van der Waals surface area (Å²) in [4.78, 5) is 26.4. The summed E-state index contributed by atoms with van der Waals surface area (Å²) in [7, 11) is 0. The summed E-state index contributed by atoms with van der Waals surface area (Å²) in [6, 6.07) is 7.13. The Kier molecular flexibility index (Phi) is 4.42. The minimum Gasteiger partial charge on any atom is -0.478 e. The predicted molar refractivity (Wildman–Crippen MR) is 81.8 cm³/mol. The van der Waals surface area contributed by atoms with Crippen molar-refractivity contribution in [1.29, 1.82) is 0 Å². The number of anilines is 1. The Morgan fingerprint density at radius 3 is 2.67 bits per heavy atom. The van der Waals surface area contributed by atoms with Crippen molar-refractivity contribution < 1.29 is 9.53 Å². The standard InChI is InChI=1S/C16H18N2O3/c1-10-4-5-13(11(2)8-10)18-15(20)9-21-16-12(3)17-7-6-14(16)19/h4-8H,9H2,1-3H3,(H,17,19)(H,18,20). The van der Waals surface area contributed by atoms with Crippen molar-refractivity contribution in [3.8, 4) is 5.75 Å². The molecule has 1 aromatic heterocycles. The molecule has 0 saturated carbocycles. The van der Waals surface area contributed by atoms with Crippen LogP contribution < -0.4 is 15.5 Å². The highest BCUT2D eigenvalue weighted by atomic mass is 16.5. The van der Waals surface area contributed by atoms with Crippen molar-refractivity contribution in [2.45, 2.75) is 20.8 Å². The topological polar surface area (TPSA) is 71.2 Å². The molecule has 1 heterocycles. The number of ether oxygens (including phenoxy) is 1. The lowest BCUT2D eigenvalue weighted by molar-refractivity contribution is -0.118. The van der Waals surface area contributed by atoms with Crippen LogP contribution in [0.25, 0.3) is 0 Å². The molecule has 0 spiro atoms. The number of hydrogen-bond acceptors (Lipinski definition) is 3. The van der Waals surface area contributed by atoms with Crippen molar-refractivity contribution in [3.05, 3.63) is 57.5 Å². The molecule has 0 radical (unpaired) electrons. The first-order valence-corrected chi connectivity index (χ1v) is 6.65. The van der Waals surface area contributed by atoms with Gasteiger partial charge in [0.2, 0.25) is 5.43 Å². The molecule has 0 aliphatic heterocycles. The van der Waals surface area contributed by atoms with Crippen molar-refractivity contribution in [1.82, 2.24) is 4.98 Å². The summed E-state index contributed by atoms with van der Waals surface area (Å²) in [5.41, 5.74) is 3.21. The van der Waals surface area contributed by atoms with Gasteiger partial charge in [-0.1, -0.05) is 17.7 Å². The van der Waals surface area contributed by atoms with Gasteiger partial charge in [0.05, 0.1) is 5.69 Å². The molecular weight excluding hydrogens is 268 g/mol. The fourth-order valence-corrected chi connectivity index (χ4v) is 2.03. The minimum atomic E-state index is -0.301. The number of H-pyrrole nitrogens is 1. The Balaban J connectivity index is 2.01. The SMILES string of the molecule is Cc1ccc(NC(=O)COc2c(C)[nH]ccc2=O)c(C)c1. The molecule has 0 saturated heterocycles. The van der Waals surface area contributed by atoms with E-state index in [4.69, 9.17) is 4.74 Å². The average Bonchev–Trinajstić information content (AvgIpc) is 2.41. The van der Waals surface area contributed by atoms with Gasteiger partial charge >= 0.3 is 0 Å². The first-order valence-electron chi connectivity index (χ1n) is 6.65. The van der Waals surface area contributed by atoms with Crippen LogP contribution in [-0.4, -0.2) is 17.5 Å². The zero-order valence-corrected chi connectivity index (χ0v) is 12.3. The van der Waals surface area contributed by atoms with E-state index in [-0.39, 0.29) is 23.7 Å². The Morgan fingerprint density at radius 2 is 2.00 bits per heavy atom. The second-order valence-corrected chi connectivity index (χ2v) is 4.95. The van der Waals surface area contributed by atoms with E-state index < -0.39 is 0 Å². The van der Waals surface area contributed by atoms with Crippen LogP contribution in [0.4, 0.5) is 5.69 Å². The number of hydrogen-bond donors (Lipinski definition) is 2. The van der Waals surface area contributed by atoms with Gasteiger partial charge in [0, 0.05) is 18.0 Å². The lowest BCUT2D eigenvalue weighted by atomic mass is 10.1. The van der Waals surface area contributed by atoms with Gasteiger partial charge < -0.3 is 15.0 Å². The number of pyridine rings is 1. The molecule has 0 bridgehead atoms. The molecule has 0 fully saturated rings. The van der Waals surface area contributed by atoms with Crippen LogP contribution in [0.5, 0.6) is 5.75 Å². The lowest BCUT2D eigenvalue weighted by Crippen LogP contribution is -2.23. The van der Waals surface area contributed by atoms with Gasteiger partial charge in [-0.3, -0.25) is 9.59 Å². The van der Waals surface area contributed by atoms with E-state index in [1.165, 1.54) is 6.07 Å². The maximum Gasteiger partial charge on any atom is 0.262 e. The van der Waals surface area contributed by atoms with Gasteiger partial charge in [-0.2, -0.15) is 0 Å². The summed E-state index contributed by atoms with van der Waals surface area (Å²) >= 11 is 0. The molecule has 2 rings (SSSR count). The van der Waals surface area contributed by atoms with Gasteiger partial charge in [-0.25, -0.2) is 0 Å². The third kappa shape index (κ3) is 3.72. The molecule has 0 aliphatic carbocycles. The number of aryl methyl sites for hydroxylation is 3. The summed E-state index contributed by atoms with van der Waals surface area (Å²) in [5, 5.41) is 2.77. The number of carbonyl (C=O) groups is 1. The molecule has 1 amide bonds. The van der Waals surface area contributed by atoms with E-state index in [2.05, 4.69) is 10.3 Å². The second-order valence-electron chi connectivity index (χ2n) is 4.95. The lowest BCUT2D eigenvalue weighted by Gasteiger charge is -2.10. The summed E-state index contributed by atoms with van der Waals surface area (Å²) in [6.45, 7) is 5.43. The summed E-state index contributed by atoms with van der Waals surface area (Å²) in [6.07, 6.45) is 1.54. The number of rotatable bonds is 4. The highest BCUT2D eigenvalue weighted by molar-refractivity contribution is 5.92. The third-order valence-corrected chi connectivity index (χ3v) is 3.10. The zero-order chi connectivity index (χ0) is 15.4. The van der Waals surface area contributed by atoms with Crippen LogP contribution in [0.3, 0.4) is 0 Å². The van der Waals surface area contributed by atoms with Crippen LogP contribution in [0.15, 0.2) is 35.3 Å². The number of benzene rings is 1. The molecule has 5 heteroatoms. The van der Waals surface area contributed by atoms with Gasteiger partial charge in [0.15, 0.2) is 12.4 Å². The van der Waals surface area contributed by atoms with E-state index >= 15 is 0 Å². The molecular formula is C16H18N2O3. The number of amides is 1. The fourth-order valence-electron chi connectivity index (χ4n) is 2.03. The predicted octanol–water partition coefficient (Wildman–Crippen LogP) is 2.32. The number of carbonyl (C=O) groups excluding carboxylic acids is 1. The first-order chi connectivity index (χ1) is 9.97. The molecule has 2 N–H and O–H groups in total. The third-order valence-electron chi connectivity index (χ3n) is 3.10. The maximum atomic E-state index is 11.9. The summed E-state index contributed by atoms with van der Waals surface area (Å²) < 4.78 is 5.31. The van der Waals surface area contributed by atoms with Crippen LogP contribution in [-0.2, 0) is 4.79 Å². The Morgan fingerprint density at radius 1 is 1.24 bits per heavy atom.